The average Bonchev–Trinajstić information content (AvgIpc) is 2.38. The third-order valence-corrected chi connectivity index (χ3v) is 6.07. The zero-order chi connectivity index (χ0) is 13.9. The molecule has 0 aliphatic heterocycles. The van der Waals surface area contributed by atoms with Crippen molar-refractivity contribution >= 4 is 11.8 Å². The van der Waals surface area contributed by atoms with E-state index in [1.165, 1.54) is 70.0 Å². The summed E-state index contributed by atoms with van der Waals surface area (Å²) >= 11 is 2.23. The van der Waals surface area contributed by atoms with Crippen LogP contribution in [0.1, 0.15) is 78.1 Å². The van der Waals surface area contributed by atoms with Crippen molar-refractivity contribution in [3.05, 3.63) is 0 Å². The second-order valence-electron chi connectivity index (χ2n) is 6.57. The molecule has 1 aliphatic rings. The lowest BCUT2D eigenvalue weighted by Gasteiger charge is -2.28. The van der Waals surface area contributed by atoms with Crippen molar-refractivity contribution in [1.29, 1.82) is 0 Å². The molecule has 0 spiro atoms. The van der Waals surface area contributed by atoms with E-state index in [2.05, 4.69) is 38.0 Å². The third-order valence-electron chi connectivity index (χ3n) is 4.22. The highest BCUT2D eigenvalue weighted by atomic mass is 32.2. The van der Waals surface area contributed by atoms with Crippen LogP contribution in [0, 0.1) is 5.92 Å². The molecule has 1 fully saturated rings. The summed E-state index contributed by atoms with van der Waals surface area (Å²) in [6.45, 7) is 4.69. The van der Waals surface area contributed by atoms with Gasteiger partial charge in [-0.1, -0.05) is 65.2 Å². The van der Waals surface area contributed by atoms with Crippen molar-refractivity contribution in [1.82, 2.24) is 5.32 Å². The Bertz CT molecular complexity index is 205. The van der Waals surface area contributed by atoms with E-state index < -0.39 is 0 Å². The normalized spacial score (nSPS) is 27.8. The average molecular weight is 286 g/mol. The number of nitrogens with one attached hydrogen (secondary N) is 1. The van der Waals surface area contributed by atoms with Crippen LogP contribution >= 0.6 is 11.8 Å². The summed E-state index contributed by atoms with van der Waals surface area (Å²) < 4.78 is 0. The Labute approximate surface area is 125 Å². The molecule has 2 atom stereocenters. The van der Waals surface area contributed by atoms with E-state index in [1.807, 2.05) is 0 Å². The standard InChI is InChI=1S/C17H35NS/c1-15(2)14-19-17-13-11-9-7-5-4-6-8-10-12-16(17)18-3/h15-18H,4-14H2,1-3H3. The topological polar surface area (TPSA) is 12.0 Å². The van der Waals surface area contributed by atoms with Crippen LogP contribution in [0.15, 0.2) is 0 Å². The second kappa shape index (κ2) is 11.0. The molecule has 1 nitrogen and oxygen atoms in total. The smallest absolute Gasteiger partial charge is 0.0201 e. The van der Waals surface area contributed by atoms with Crippen molar-refractivity contribution < 1.29 is 0 Å². The van der Waals surface area contributed by atoms with Crippen LogP contribution in [0.4, 0.5) is 0 Å². The maximum atomic E-state index is 3.61. The van der Waals surface area contributed by atoms with E-state index in [4.69, 9.17) is 0 Å². The first-order valence-corrected chi connectivity index (χ1v) is 9.57. The molecule has 0 amide bonds. The van der Waals surface area contributed by atoms with Crippen molar-refractivity contribution in [2.45, 2.75) is 89.3 Å². The minimum atomic E-state index is 0.739. The molecule has 1 aliphatic carbocycles. The van der Waals surface area contributed by atoms with Crippen LogP contribution in [0.5, 0.6) is 0 Å². The lowest BCUT2D eigenvalue weighted by molar-refractivity contribution is 0.434. The maximum Gasteiger partial charge on any atom is 0.0201 e. The summed E-state index contributed by atoms with van der Waals surface area (Å²) in [7, 11) is 2.17. The van der Waals surface area contributed by atoms with E-state index in [9.17, 15) is 0 Å². The van der Waals surface area contributed by atoms with E-state index in [0.29, 0.717) is 0 Å². The lowest BCUT2D eigenvalue weighted by atomic mass is 9.97. The molecule has 114 valence electrons. The minimum Gasteiger partial charge on any atom is -0.316 e. The Hall–Kier alpha value is 0.310. The molecule has 0 radical (unpaired) electrons. The van der Waals surface area contributed by atoms with Gasteiger partial charge in [-0.05, 0) is 31.6 Å². The largest absolute Gasteiger partial charge is 0.316 e. The van der Waals surface area contributed by atoms with E-state index >= 15 is 0 Å². The summed E-state index contributed by atoms with van der Waals surface area (Å²) in [5.74, 6) is 2.15. The van der Waals surface area contributed by atoms with Crippen molar-refractivity contribution in [2.24, 2.45) is 5.92 Å². The minimum absolute atomic E-state index is 0.739. The quantitative estimate of drug-likeness (QED) is 0.757. The van der Waals surface area contributed by atoms with Crippen molar-refractivity contribution in [3.63, 3.8) is 0 Å². The molecular weight excluding hydrogens is 250 g/mol. The Morgan fingerprint density at radius 2 is 1.42 bits per heavy atom. The highest BCUT2D eigenvalue weighted by Gasteiger charge is 2.20. The fraction of sp³-hybridized carbons (Fsp3) is 1.00. The first kappa shape index (κ1) is 17.4. The van der Waals surface area contributed by atoms with Crippen LogP contribution in [0.3, 0.4) is 0 Å². The highest BCUT2D eigenvalue weighted by molar-refractivity contribution is 7.99. The molecular formula is C17H35NS. The zero-order valence-electron chi connectivity index (χ0n) is 13.4. The van der Waals surface area contributed by atoms with Crippen molar-refractivity contribution in [3.8, 4) is 0 Å². The molecule has 0 aromatic heterocycles. The van der Waals surface area contributed by atoms with Gasteiger partial charge in [-0.25, -0.2) is 0 Å². The Balaban J connectivity index is 2.46. The Kier molecular flexibility index (Phi) is 10.1. The van der Waals surface area contributed by atoms with Gasteiger partial charge in [0.2, 0.25) is 0 Å². The summed E-state index contributed by atoms with van der Waals surface area (Å²) in [6, 6.07) is 0.739. The molecule has 0 aromatic carbocycles. The van der Waals surface area contributed by atoms with Gasteiger partial charge in [0, 0.05) is 11.3 Å². The maximum absolute atomic E-state index is 3.61. The predicted octanol–water partition coefficient (Wildman–Crippen LogP) is 5.25. The van der Waals surface area contributed by atoms with Gasteiger partial charge in [0.25, 0.3) is 0 Å². The van der Waals surface area contributed by atoms with E-state index in [0.717, 1.165) is 17.2 Å². The summed E-state index contributed by atoms with van der Waals surface area (Å²) in [6.07, 6.45) is 14.4. The SMILES string of the molecule is CNC1CCCCCCCCCCC1SCC(C)C. The highest BCUT2D eigenvalue weighted by Crippen LogP contribution is 2.27. The van der Waals surface area contributed by atoms with Crippen molar-refractivity contribution in [2.75, 3.05) is 12.8 Å². The summed E-state index contributed by atoms with van der Waals surface area (Å²) in [5, 5.41) is 4.45. The molecule has 0 heterocycles. The molecule has 0 saturated heterocycles. The molecule has 1 rings (SSSR count). The third kappa shape index (κ3) is 8.24. The fourth-order valence-electron chi connectivity index (χ4n) is 3.00. The first-order valence-electron chi connectivity index (χ1n) is 8.53. The van der Waals surface area contributed by atoms with Gasteiger partial charge in [-0.15, -0.1) is 0 Å². The fourth-order valence-corrected chi connectivity index (χ4v) is 4.47. The van der Waals surface area contributed by atoms with Crippen LogP contribution < -0.4 is 5.32 Å². The molecule has 1 saturated carbocycles. The number of thioether (sulfide) groups is 1. The second-order valence-corrected chi connectivity index (χ2v) is 7.84. The van der Waals surface area contributed by atoms with Crippen LogP contribution in [0.2, 0.25) is 0 Å². The molecule has 0 bridgehead atoms. The molecule has 2 heteroatoms. The van der Waals surface area contributed by atoms with Crippen LogP contribution in [-0.2, 0) is 0 Å². The molecule has 0 aromatic rings. The molecule has 2 unspecified atom stereocenters. The van der Waals surface area contributed by atoms with Gasteiger partial charge in [-0.3, -0.25) is 0 Å². The summed E-state index contributed by atoms with van der Waals surface area (Å²) in [5.41, 5.74) is 0. The lowest BCUT2D eigenvalue weighted by Crippen LogP contribution is -2.36. The van der Waals surface area contributed by atoms with Gasteiger partial charge in [-0.2, -0.15) is 11.8 Å². The zero-order valence-corrected chi connectivity index (χ0v) is 14.2. The van der Waals surface area contributed by atoms with Gasteiger partial charge in [0.1, 0.15) is 0 Å². The first-order chi connectivity index (χ1) is 9.24. The number of hydrogen-bond donors (Lipinski definition) is 1. The van der Waals surface area contributed by atoms with Crippen LogP contribution in [-0.4, -0.2) is 24.1 Å². The molecule has 1 N–H and O–H groups in total. The number of rotatable bonds is 4. The summed E-state index contributed by atoms with van der Waals surface area (Å²) in [4.78, 5) is 0. The monoisotopic (exact) mass is 285 g/mol. The van der Waals surface area contributed by atoms with Gasteiger partial charge in [0.15, 0.2) is 0 Å². The van der Waals surface area contributed by atoms with Gasteiger partial charge in [0.05, 0.1) is 0 Å². The van der Waals surface area contributed by atoms with Gasteiger partial charge < -0.3 is 5.32 Å². The Morgan fingerprint density at radius 3 is 1.95 bits per heavy atom. The number of hydrogen-bond acceptors (Lipinski definition) is 2. The van der Waals surface area contributed by atoms with Gasteiger partial charge >= 0.3 is 0 Å². The van der Waals surface area contributed by atoms with Crippen LogP contribution in [0.25, 0.3) is 0 Å². The predicted molar refractivity (Wildman–Crippen MR) is 90.1 cm³/mol. The van der Waals surface area contributed by atoms with E-state index in [1.54, 1.807) is 0 Å². The Morgan fingerprint density at radius 1 is 0.895 bits per heavy atom. The van der Waals surface area contributed by atoms with E-state index in [-0.39, 0.29) is 0 Å². The molecule has 19 heavy (non-hydrogen) atoms.